The molecule has 0 aliphatic rings. The zero-order valence-electron chi connectivity index (χ0n) is 15.9. The average Bonchev–Trinajstić information content (AvgIpc) is 2.65. The van der Waals surface area contributed by atoms with Crippen LogP contribution in [0.25, 0.3) is 0 Å². The van der Waals surface area contributed by atoms with Gasteiger partial charge in [-0.25, -0.2) is 8.42 Å². The molecule has 2 aromatic carbocycles. The summed E-state index contributed by atoms with van der Waals surface area (Å²) in [5, 5.41) is 7.45. The van der Waals surface area contributed by atoms with Gasteiger partial charge in [0.1, 0.15) is 12.4 Å². The third-order valence-corrected chi connectivity index (χ3v) is 5.80. The smallest absolute Gasteiger partial charge is 0.191 e. The van der Waals surface area contributed by atoms with Crippen LogP contribution in [-0.2, 0) is 9.84 Å². The largest absolute Gasteiger partial charge is 0.492 e. The number of guanidine groups is 1. The van der Waals surface area contributed by atoms with Crippen molar-refractivity contribution in [3.63, 3.8) is 0 Å². The third kappa shape index (κ3) is 6.58. The first kappa shape index (κ1) is 22.3. The Balaban J connectivity index is 1.81. The van der Waals surface area contributed by atoms with Crippen LogP contribution in [0.15, 0.2) is 52.4 Å². The molecule has 2 aromatic rings. The predicted molar refractivity (Wildman–Crippen MR) is 114 cm³/mol. The molecule has 0 saturated carbocycles. The molecule has 0 radical (unpaired) electrons. The average molecular weight is 444 g/mol. The summed E-state index contributed by atoms with van der Waals surface area (Å²) >= 11 is 12.0. The molecule has 0 amide bonds. The second-order valence-electron chi connectivity index (χ2n) is 6.13. The summed E-state index contributed by atoms with van der Waals surface area (Å²) < 4.78 is 28.5. The Bertz CT molecular complexity index is 932. The standard InChI is InChI=1S/C19H23Cl2N3O3S/c1-13(14-4-9-17(20)18(21)12-14)24-19(22-2)23-10-11-27-15-5-7-16(8-6-15)28(3,25)26/h4-9,12-13H,10-11H2,1-3H3,(H2,22,23,24). The number of hydrogen-bond acceptors (Lipinski definition) is 4. The van der Waals surface area contributed by atoms with Crippen LogP contribution in [0, 0.1) is 0 Å². The van der Waals surface area contributed by atoms with Crippen LogP contribution >= 0.6 is 23.2 Å². The van der Waals surface area contributed by atoms with Gasteiger partial charge in [0, 0.05) is 13.3 Å². The van der Waals surface area contributed by atoms with Crippen LogP contribution in [0.3, 0.4) is 0 Å². The first-order valence-electron chi connectivity index (χ1n) is 8.55. The van der Waals surface area contributed by atoms with Crippen LogP contribution in [0.1, 0.15) is 18.5 Å². The maximum Gasteiger partial charge on any atom is 0.191 e. The van der Waals surface area contributed by atoms with Gasteiger partial charge >= 0.3 is 0 Å². The first-order valence-corrected chi connectivity index (χ1v) is 11.2. The highest BCUT2D eigenvalue weighted by atomic mass is 35.5. The zero-order chi connectivity index (χ0) is 20.7. The molecule has 0 saturated heterocycles. The normalized spacial score (nSPS) is 13.1. The highest BCUT2D eigenvalue weighted by molar-refractivity contribution is 7.90. The van der Waals surface area contributed by atoms with Gasteiger partial charge in [-0.3, -0.25) is 4.99 Å². The summed E-state index contributed by atoms with van der Waals surface area (Å²) in [6, 6.07) is 11.8. The topological polar surface area (TPSA) is 79.8 Å². The number of nitrogens with zero attached hydrogens (tertiary/aromatic N) is 1. The number of ether oxygens (including phenoxy) is 1. The van der Waals surface area contributed by atoms with Crippen molar-refractivity contribution in [2.45, 2.75) is 17.9 Å². The van der Waals surface area contributed by atoms with Gasteiger partial charge < -0.3 is 15.4 Å². The Morgan fingerprint density at radius 1 is 1.14 bits per heavy atom. The molecule has 0 heterocycles. The van der Waals surface area contributed by atoms with Crippen molar-refractivity contribution in [1.29, 1.82) is 0 Å². The summed E-state index contributed by atoms with van der Waals surface area (Å²) in [6.45, 7) is 2.90. The van der Waals surface area contributed by atoms with E-state index in [0.717, 1.165) is 5.56 Å². The van der Waals surface area contributed by atoms with Gasteiger partial charge in [-0.1, -0.05) is 29.3 Å². The molecule has 9 heteroatoms. The molecule has 0 aliphatic heterocycles. The van der Waals surface area contributed by atoms with Gasteiger partial charge in [0.2, 0.25) is 0 Å². The van der Waals surface area contributed by atoms with Crippen molar-refractivity contribution >= 4 is 39.0 Å². The van der Waals surface area contributed by atoms with Crippen molar-refractivity contribution in [1.82, 2.24) is 10.6 Å². The lowest BCUT2D eigenvalue weighted by Crippen LogP contribution is -2.40. The van der Waals surface area contributed by atoms with E-state index in [4.69, 9.17) is 27.9 Å². The lowest BCUT2D eigenvalue weighted by molar-refractivity contribution is 0.321. The summed E-state index contributed by atoms with van der Waals surface area (Å²) in [4.78, 5) is 4.45. The molecular weight excluding hydrogens is 421 g/mol. The highest BCUT2D eigenvalue weighted by Crippen LogP contribution is 2.25. The molecule has 0 spiro atoms. The predicted octanol–water partition coefficient (Wildman–Crippen LogP) is 3.70. The van der Waals surface area contributed by atoms with E-state index in [1.807, 2.05) is 19.1 Å². The van der Waals surface area contributed by atoms with Crippen molar-refractivity contribution in [3.05, 3.63) is 58.1 Å². The molecule has 0 aliphatic carbocycles. The van der Waals surface area contributed by atoms with E-state index in [1.54, 1.807) is 25.2 Å². The zero-order valence-corrected chi connectivity index (χ0v) is 18.2. The Morgan fingerprint density at radius 2 is 1.82 bits per heavy atom. The van der Waals surface area contributed by atoms with Gasteiger partial charge in [-0.15, -0.1) is 0 Å². The van der Waals surface area contributed by atoms with E-state index in [1.165, 1.54) is 18.4 Å². The molecular formula is C19H23Cl2N3O3S. The Morgan fingerprint density at radius 3 is 2.39 bits per heavy atom. The molecule has 28 heavy (non-hydrogen) atoms. The number of benzene rings is 2. The van der Waals surface area contributed by atoms with Gasteiger partial charge in [0.25, 0.3) is 0 Å². The van der Waals surface area contributed by atoms with Crippen LogP contribution in [-0.4, -0.2) is 40.8 Å². The quantitative estimate of drug-likeness (QED) is 0.387. The maximum absolute atomic E-state index is 11.5. The molecule has 0 bridgehead atoms. The first-order chi connectivity index (χ1) is 13.2. The number of hydrogen-bond donors (Lipinski definition) is 2. The second-order valence-corrected chi connectivity index (χ2v) is 8.96. The Kier molecular flexibility index (Phi) is 7.98. The summed E-state index contributed by atoms with van der Waals surface area (Å²) in [6.07, 6.45) is 1.17. The monoisotopic (exact) mass is 443 g/mol. The van der Waals surface area contributed by atoms with E-state index in [-0.39, 0.29) is 10.9 Å². The number of aliphatic imine (C=N–C) groups is 1. The molecule has 2 rings (SSSR count). The van der Waals surface area contributed by atoms with Gasteiger partial charge in [-0.05, 0) is 48.9 Å². The molecule has 1 unspecified atom stereocenters. The van der Waals surface area contributed by atoms with Crippen LogP contribution in [0.4, 0.5) is 0 Å². The lowest BCUT2D eigenvalue weighted by atomic mass is 10.1. The van der Waals surface area contributed by atoms with E-state index in [2.05, 4.69) is 15.6 Å². The third-order valence-electron chi connectivity index (χ3n) is 3.94. The minimum Gasteiger partial charge on any atom is -0.492 e. The highest BCUT2D eigenvalue weighted by Gasteiger charge is 2.10. The number of sulfone groups is 1. The molecule has 0 fully saturated rings. The van der Waals surface area contributed by atoms with Crippen LogP contribution in [0.5, 0.6) is 5.75 Å². The molecule has 6 nitrogen and oxygen atoms in total. The van der Waals surface area contributed by atoms with Gasteiger partial charge in [0.05, 0.1) is 27.5 Å². The fourth-order valence-corrected chi connectivity index (χ4v) is 3.32. The maximum atomic E-state index is 11.5. The molecule has 2 N–H and O–H groups in total. The van der Waals surface area contributed by atoms with Crippen molar-refractivity contribution < 1.29 is 13.2 Å². The van der Waals surface area contributed by atoms with E-state index in [9.17, 15) is 8.42 Å². The summed E-state index contributed by atoms with van der Waals surface area (Å²) in [7, 11) is -1.52. The SMILES string of the molecule is CN=C(NCCOc1ccc(S(C)(=O)=O)cc1)NC(C)c1ccc(Cl)c(Cl)c1. The summed E-state index contributed by atoms with van der Waals surface area (Å²) in [5.74, 6) is 1.22. The van der Waals surface area contributed by atoms with E-state index < -0.39 is 9.84 Å². The number of rotatable bonds is 7. The Labute approximate surface area is 175 Å². The van der Waals surface area contributed by atoms with Crippen LogP contribution in [0.2, 0.25) is 10.0 Å². The van der Waals surface area contributed by atoms with E-state index in [0.29, 0.717) is 34.9 Å². The van der Waals surface area contributed by atoms with Crippen molar-refractivity contribution in [3.8, 4) is 5.75 Å². The summed E-state index contributed by atoms with van der Waals surface area (Å²) in [5.41, 5.74) is 0.986. The fraction of sp³-hybridized carbons (Fsp3) is 0.316. The van der Waals surface area contributed by atoms with Gasteiger partial charge in [-0.2, -0.15) is 0 Å². The van der Waals surface area contributed by atoms with Crippen molar-refractivity contribution in [2.24, 2.45) is 4.99 Å². The fourth-order valence-electron chi connectivity index (χ4n) is 2.39. The van der Waals surface area contributed by atoms with Crippen LogP contribution < -0.4 is 15.4 Å². The molecule has 0 aromatic heterocycles. The molecule has 152 valence electrons. The second kappa shape index (κ2) is 10.0. The Hall–Kier alpha value is -1.96. The minimum absolute atomic E-state index is 0.0228. The van der Waals surface area contributed by atoms with Crippen molar-refractivity contribution in [2.75, 3.05) is 26.5 Å². The van der Waals surface area contributed by atoms with Gasteiger partial charge in [0.15, 0.2) is 15.8 Å². The number of halogens is 2. The lowest BCUT2D eigenvalue weighted by Gasteiger charge is -2.19. The number of nitrogens with one attached hydrogen (secondary N) is 2. The minimum atomic E-state index is -3.21. The molecule has 1 atom stereocenters. The van der Waals surface area contributed by atoms with E-state index >= 15 is 0 Å².